The molecule has 1 saturated heterocycles. The Hall–Kier alpha value is -1.14. The maximum absolute atomic E-state index is 11.5. The van der Waals surface area contributed by atoms with Gasteiger partial charge in [-0.1, -0.05) is 0 Å². The first-order valence-electron chi connectivity index (χ1n) is 6.07. The number of pyridine rings is 1. The molecule has 1 aromatic heterocycles. The van der Waals surface area contributed by atoms with Gasteiger partial charge in [0.25, 0.3) is 0 Å². The molecule has 0 bridgehead atoms. The lowest BCUT2D eigenvalue weighted by molar-refractivity contribution is 0.194. The fourth-order valence-corrected chi connectivity index (χ4v) is 3.30. The van der Waals surface area contributed by atoms with Crippen LogP contribution in [0.1, 0.15) is 25.1 Å². The molecule has 5 nitrogen and oxygen atoms in total. The van der Waals surface area contributed by atoms with Gasteiger partial charge in [-0.05, 0) is 25.5 Å². The first kappa shape index (κ1) is 13.3. The van der Waals surface area contributed by atoms with Crippen LogP contribution in [0.2, 0.25) is 0 Å². The minimum absolute atomic E-state index is 0.200. The average molecular weight is 270 g/mol. The van der Waals surface area contributed by atoms with Gasteiger partial charge in [0.05, 0.1) is 35.2 Å². The first-order chi connectivity index (χ1) is 8.48. The summed E-state index contributed by atoms with van der Waals surface area (Å²) >= 11 is 0. The number of rotatable bonds is 2. The van der Waals surface area contributed by atoms with Crippen LogP contribution in [0.25, 0.3) is 0 Å². The molecule has 18 heavy (non-hydrogen) atoms. The summed E-state index contributed by atoms with van der Waals surface area (Å²) in [6.07, 6.45) is 1.77. The van der Waals surface area contributed by atoms with Crippen molar-refractivity contribution in [3.63, 3.8) is 0 Å². The highest BCUT2D eigenvalue weighted by Gasteiger charge is 2.19. The summed E-state index contributed by atoms with van der Waals surface area (Å²) in [7, 11) is -2.88. The van der Waals surface area contributed by atoms with Gasteiger partial charge in [0.1, 0.15) is 0 Å². The molecule has 1 N–H and O–H groups in total. The van der Waals surface area contributed by atoms with Gasteiger partial charge in [0.2, 0.25) is 0 Å². The molecular formula is C12H18N2O3S. The highest BCUT2D eigenvalue weighted by molar-refractivity contribution is 7.91. The monoisotopic (exact) mass is 270 g/mol. The van der Waals surface area contributed by atoms with Crippen LogP contribution in [0.4, 0.5) is 5.69 Å². The predicted octanol–water partition coefficient (Wildman–Crippen LogP) is 0.760. The first-order valence-corrected chi connectivity index (χ1v) is 7.89. The topological polar surface area (TPSA) is 70.5 Å². The Balaban J connectivity index is 2.12. The van der Waals surface area contributed by atoms with Gasteiger partial charge in [0.15, 0.2) is 9.84 Å². The van der Waals surface area contributed by atoms with E-state index in [0.717, 1.165) is 12.2 Å². The smallest absolute Gasteiger partial charge is 0.152 e. The zero-order chi connectivity index (χ0) is 13.2. The van der Waals surface area contributed by atoms with Crippen molar-refractivity contribution in [1.82, 2.24) is 4.98 Å². The Bertz CT molecular complexity index is 497. The number of hydrogen-bond donors (Lipinski definition) is 1. The molecule has 100 valence electrons. The predicted molar refractivity (Wildman–Crippen MR) is 70.4 cm³/mol. The van der Waals surface area contributed by atoms with Gasteiger partial charge in [-0.2, -0.15) is 0 Å². The lowest BCUT2D eigenvalue weighted by atomic mass is 10.2. The van der Waals surface area contributed by atoms with E-state index < -0.39 is 15.9 Å². The summed E-state index contributed by atoms with van der Waals surface area (Å²) in [5.74, 6) is 0.466. The standard InChI is InChI=1S/C12H18N2O3S/c1-10(15)12-4-3-11(9-13-12)14-5-2-7-18(16,17)8-6-14/h3-4,9-10,15H,2,5-8H2,1H3/t10-/m1/s1. The van der Waals surface area contributed by atoms with Crippen LogP contribution >= 0.6 is 0 Å². The molecule has 0 saturated carbocycles. The Morgan fingerprint density at radius 2 is 2.11 bits per heavy atom. The third-order valence-electron chi connectivity index (χ3n) is 3.12. The van der Waals surface area contributed by atoms with Gasteiger partial charge in [0, 0.05) is 13.1 Å². The molecular weight excluding hydrogens is 252 g/mol. The van der Waals surface area contributed by atoms with E-state index >= 15 is 0 Å². The van der Waals surface area contributed by atoms with E-state index in [0.29, 0.717) is 18.7 Å². The molecule has 0 amide bonds. The third kappa shape index (κ3) is 3.20. The summed E-state index contributed by atoms with van der Waals surface area (Å²) in [4.78, 5) is 6.21. The van der Waals surface area contributed by atoms with Crippen molar-refractivity contribution >= 4 is 15.5 Å². The SMILES string of the molecule is C[C@@H](O)c1ccc(N2CCCS(=O)(=O)CC2)cn1. The summed E-state index contributed by atoms with van der Waals surface area (Å²) < 4.78 is 23.0. The van der Waals surface area contributed by atoms with Crippen LogP contribution in [0.15, 0.2) is 18.3 Å². The van der Waals surface area contributed by atoms with Gasteiger partial charge >= 0.3 is 0 Å². The van der Waals surface area contributed by atoms with E-state index in [9.17, 15) is 13.5 Å². The second-order valence-corrected chi connectivity index (χ2v) is 6.91. The van der Waals surface area contributed by atoms with Gasteiger partial charge in [-0.15, -0.1) is 0 Å². The summed E-state index contributed by atoms with van der Waals surface area (Å²) in [5.41, 5.74) is 1.54. The van der Waals surface area contributed by atoms with E-state index in [4.69, 9.17) is 0 Å². The van der Waals surface area contributed by atoms with Crippen molar-refractivity contribution < 1.29 is 13.5 Å². The highest BCUT2D eigenvalue weighted by Crippen LogP contribution is 2.18. The molecule has 0 spiro atoms. The van der Waals surface area contributed by atoms with E-state index in [1.54, 1.807) is 19.2 Å². The minimum Gasteiger partial charge on any atom is -0.387 e. The summed E-state index contributed by atoms with van der Waals surface area (Å²) in [6.45, 7) is 2.91. The number of sulfone groups is 1. The average Bonchev–Trinajstić information content (AvgIpc) is 2.50. The van der Waals surface area contributed by atoms with Gasteiger partial charge < -0.3 is 10.0 Å². The Kier molecular flexibility index (Phi) is 3.87. The van der Waals surface area contributed by atoms with E-state index in [-0.39, 0.29) is 11.5 Å². The number of nitrogens with zero attached hydrogens (tertiary/aromatic N) is 2. The summed E-state index contributed by atoms with van der Waals surface area (Å²) in [5, 5.41) is 9.38. The van der Waals surface area contributed by atoms with E-state index in [1.807, 2.05) is 11.0 Å². The number of aromatic nitrogens is 1. The summed E-state index contributed by atoms with van der Waals surface area (Å²) in [6, 6.07) is 3.66. The third-order valence-corrected chi connectivity index (χ3v) is 4.83. The Labute approximate surface area is 107 Å². The molecule has 1 fully saturated rings. The maximum Gasteiger partial charge on any atom is 0.152 e. The van der Waals surface area contributed by atoms with Crippen LogP contribution < -0.4 is 4.90 Å². The lowest BCUT2D eigenvalue weighted by Crippen LogP contribution is -2.26. The van der Waals surface area contributed by atoms with Crippen LogP contribution in [-0.2, 0) is 9.84 Å². The number of hydrogen-bond acceptors (Lipinski definition) is 5. The van der Waals surface area contributed by atoms with Crippen molar-refractivity contribution in [2.45, 2.75) is 19.4 Å². The maximum atomic E-state index is 11.5. The lowest BCUT2D eigenvalue weighted by Gasteiger charge is -2.21. The fourth-order valence-electron chi connectivity index (χ4n) is 2.03. The zero-order valence-corrected chi connectivity index (χ0v) is 11.2. The molecule has 0 unspecified atom stereocenters. The van der Waals surface area contributed by atoms with Crippen LogP contribution in [0.3, 0.4) is 0 Å². The molecule has 0 radical (unpaired) electrons. The van der Waals surface area contributed by atoms with Gasteiger partial charge in [-0.3, -0.25) is 4.98 Å². The van der Waals surface area contributed by atoms with Crippen LogP contribution in [0, 0.1) is 0 Å². The van der Waals surface area contributed by atoms with Crippen molar-refractivity contribution in [3.05, 3.63) is 24.0 Å². The number of aliphatic hydroxyl groups is 1. The molecule has 1 aromatic rings. The number of aliphatic hydroxyl groups excluding tert-OH is 1. The number of anilines is 1. The molecule has 2 heterocycles. The molecule has 1 aliphatic heterocycles. The quantitative estimate of drug-likeness (QED) is 0.859. The normalized spacial score (nSPS) is 21.3. The fraction of sp³-hybridized carbons (Fsp3) is 0.583. The van der Waals surface area contributed by atoms with Crippen molar-refractivity contribution in [3.8, 4) is 0 Å². The molecule has 2 rings (SSSR count). The molecule has 6 heteroatoms. The molecule has 0 aromatic carbocycles. The molecule has 1 atom stereocenters. The Morgan fingerprint density at radius 1 is 1.33 bits per heavy atom. The second kappa shape index (κ2) is 5.24. The molecule has 1 aliphatic rings. The van der Waals surface area contributed by atoms with Gasteiger partial charge in [-0.25, -0.2) is 8.42 Å². The second-order valence-electron chi connectivity index (χ2n) is 4.61. The Morgan fingerprint density at radius 3 is 2.72 bits per heavy atom. The zero-order valence-electron chi connectivity index (χ0n) is 10.4. The van der Waals surface area contributed by atoms with Crippen LogP contribution in [-0.4, -0.2) is 43.1 Å². The van der Waals surface area contributed by atoms with Crippen LogP contribution in [0.5, 0.6) is 0 Å². The molecule has 0 aliphatic carbocycles. The van der Waals surface area contributed by atoms with E-state index in [2.05, 4.69) is 4.98 Å². The van der Waals surface area contributed by atoms with E-state index in [1.165, 1.54) is 0 Å². The van der Waals surface area contributed by atoms with Crippen molar-refractivity contribution in [2.75, 3.05) is 29.5 Å². The minimum atomic E-state index is -2.88. The largest absolute Gasteiger partial charge is 0.387 e. The van der Waals surface area contributed by atoms with Crippen molar-refractivity contribution in [2.24, 2.45) is 0 Å². The highest BCUT2D eigenvalue weighted by atomic mass is 32.2. The van der Waals surface area contributed by atoms with Crippen molar-refractivity contribution in [1.29, 1.82) is 0 Å².